The van der Waals surface area contributed by atoms with E-state index >= 15 is 0 Å². The number of carbonyl (C=O) groups is 1. The molecule has 2 aliphatic heterocycles. The summed E-state index contributed by atoms with van der Waals surface area (Å²) in [5.41, 5.74) is 3.97. The molecule has 6 heteroatoms. The molecule has 0 unspecified atom stereocenters. The van der Waals surface area contributed by atoms with Crippen molar-refractivity contribution in [3.63, 3.8) is 0 Å². The SMILES string of the molecule is O=C(NCc1cccnc1)[C@H]1Cc2ccccc2N2CCN(c3ccccc3F)C[C@@H]12. The number of carbonyl (C=O) groups excluding carboxylic acids is 1. The summed E-state index contributed by atoms with van der Waals surface area (Å²) in [6, 6.07) is 19.0. The lowest BCUT2D eigenvalue weighted by Crippen LogP contribution is -2.61. The van der Waals surface area contributed by atoms with Crippen LogP contribution in [-0.4, -0.2) is 36.6 Å². The second kappa shape index (κ2) is 8.38. The second-order valence-corrected chi connectivity index (χ2v) is 8.18. The minimum atomic E-state index is -0.218. The molecule has 5 rings (SSSR count). The summed E-state index contributed by atoms with van der Waals surface area (Å²) in [5, 5.41) is 3.10. The minimum absolute atomic E-state index is 0.0165. The highest BCUT2D eigenvalue weighted by Gasteiger charge is 2.41. The van der Waals surface area contributed by atoms with Crippen LogP contribution in [0, 0.1) is 11.7 Å². The van der Waals surface area contributed by atoms with E-state index in [9.17, 15) is 9.18 Å². The van der Waals surface area contributed by atoms with Gasteiger partial charge in [-0.3, -0.25) is 9.78 Å². The molecule has 1 fully saturated rings. The van der Waals surface area contributed by atoms with Crippen molar-refractivity contribution in [1.82, 2.24) is 10.3 Å². The summed E-state index contributed by atoms with van der Waals surface area (Å²) in [6.07, 6.45) is 4.17. The number of pyridine rings is 1. The molecule has 158 valence electrons. The number of fused-ring (bicyclic) bond motifs is 3. The van der Waals surface area contributed by atoms with Gasteiger partial charge in [0.1, 0.15) is 5.82 Å². The summed E-state index contributed by atoms with van der Waals surface area (Å²) in [6.45, 7) is 2.53. The molecule has 0 saturated carbocycles. The van der Waals surface area contributed by atoms with Crippen LogP contribution in [-0.2, 0) is 17.8 Å². The zero-order valence-corrected chi connectivity index (χ0v) is 17.2. The minimum Gasteiger partial charge on any atom is -0.365 e. The number of aromatic nitrogens is 1. The number of benzene rings is 2. The van der Waals surface area contributed by atoms with Crippen molar-refractivity contribution >= 4 is 17.3 Å². The number of hydrogen-bond acceptors (Lipinski definition) is 4. The van der Waals surface area contributed by atoms with Crippen LogP contribution in [0.1, 0.15) is 11.1 Å². The third-order valence-electron chi connectivity index (χ3n) is 6.34. The molecular formula is C25H25FN4O. The fourth-order valence-corrected chi connectivity index (χ4v) is 4.81. The van der Waals surface area contributed by atoms with E-state index in [0.29, 0.717) is 25.2 Å². The molecule has 0 spiro atoms. The fraction of sp³-hybridized carbons (Fsp3) is 0.280. The first kappa shape index (κ1) is 19.5. The van der Waals surface area contributed by atoms with Gasteiger partial charge < -0.3 is 15.1 Å². The maximum Gasteiger partial charge on any atom is 0.225 e. The Morgan fingerprint density at radius 3 is 2.65 bits per heavy atom. The van der Waals surface area contributed by atoms with Crippen molar-refractivity contribution in [2.45, 2.75) is 19.0 Å². The predicted octanol–water partition coefficient (Wildman–Crippen LogP) is 3.40. The van der Waals surface area contributed by atoms with Crippen LogP contribution in [0.5, 0.6) is 0 Å². The highest BCUT2D eigenvalue weighted by atomic mass is 19.1. The number of nitrogens with one attached hydrogen (secondary N) is 1. The van der Waals surface area contributed by atoms with Gasteiger partial charge in [0.25, 0.3) is 0 Å². The lowest BCUT2D eigenvalue weighted by molar-refractivity contribution is -0.126. The number of rotatable bonds is 4. The average molecular weight is 417 g/mol. The standard InChI is InChI=1S/C25H25FN4O/c26-21-8-2-4-10-23(21)29-12-13-30-22-9-3-1-7-19(22)14-20(24(30)17-29)25(31)28-16-18-6-5-11-27-15-18/h1-11,15,20,24H,12-14,16-17H2,(H,28,31)/t20-,24-/m0/s1. The third kappa shape index (κ3) is 3.85. The van der Waals surface area contributed by atoms with Crippen LogP contribution < -0.4 is 15.1 Å². The van der Waals surface area contributed by atoms with E-state index in [0.717, 1.165) is 18.7 Å². The number of halogens is 1. The number of piperazine rings is 1. The smallest absolute Gasteiger partial charge is 0.225 e. The molecule has 0 radical (unpaired) electrons. The first-order valence-electron chi connectivity index (χ1n) is 10.7. The lowest BCUT2D eigenvalue weighted by atomic mass is 9.83. The zero-order chi connectivity index (χ0) is 21.2. The Hall–Kier alpha value is -3.41. The Labute approximate surface area is 181 Å². The van der Waals surface area contributed by atoms with Gasteiger partial charge in [-0.1, -0.05) is 36.4 Å². The van der Waals surface area contributed by atoms with Crippen LogP contribution >= 0.6 is 0 Å². The predicted molar refractivity (Wildman–Crippen MR) is 119 cm³/mol. The molecule has 3 aromatic rings. The molecule has 2 aliphatic rings. The first-order chi connectivity index (χ1) is 15.2. The van der Waals surface area contributed by atoms with Gasteiger partial charge in [0.15, 0.2) is 0 Å². The van der Waals surface area contributed by atoms with E-state index < -0.39 is 0 Å². The average Bonchev–Trinajstić information content (AvgIpc) is 2.82. The van der Waals surface area contributed by atoms with Crippen LogP contribution in [0.2, 0.25) is 0 Å². The van der Waals surface area contributed by atoms with Crippen molar-refractivity contribution in [2.24, 2.45) is 5.92 Å². The van der Waals surface area contributed by atoms with Gasteiger partial charge in [0.2, 0.25) is 5.91 Å². The molecular weight excluding hydrogens is 391 g/mol. The quantitative estimate of drug-likeness (QED) is 0.708. The van der Waals surface area contributed by atoms with E-state index in [1.54, 1.807) is 18.5 Å². The number of nitrogens with zero attached hydrogens (tertiary/aromatic N) is 3. The molecule has 31 heavy (non-hydrogen) atoms. The Kier molecular flexibility index (Phi) is 5.28. The van der Waals surface area contributed by atoms with Gasteiger partial charge in [-0.05, 0) is 41.8 Å². The van der Waals surface area contributed by atoms with Gasteiger partial charge >= 0.3 is 0 Å². The molecule has 0 aliphatic carbocycles. The Balaban J connectivity index is 1.41. The van der Waals surface area contributed by atoms with Crippen molar-refractivity contribution < 1.29 is 9.18 Å². The summed E-state index contributed by atoms with van der Waals surface area (Å²) >= 11 is 0. The van der Waals surface area contributed by atoms with Gasteiger partial charge in [-0.25, -0.2) is 4.39 Å². The van der Waals surface area contributed by atoms with Gasteiger partial charge in [-0.15, -0.1) is 0 Å². The van der Waals surface area contributed by atoms with Gasteiger partial charge in [0, 0.05) is 44.3 Å². The molecule has 1 amide bonds. The molecule has 1 saturated heterocycles. The van der Waals surface area contributed by atoms with Gasteiger partial charge in [0.05, 0.1) is 17.6 Å². The molecule has 2 aromatic carbocycles. The van der Waals surface area contributed by atoms with Crippen LogP contribution in [0.15, 0.2) is 73.1 Å². The van der Waals surface area contributed by atoms with E-state index in [1.807, 2.05) is 36.4 Å². The van der Waals surface area contributed by atoms with E-state index in [1.165, 1.54) is 17.3 Å². The molecule has 5 nitrogen and oxygen atoms in total. The maximum absolute atomic E-state index is 14.5. The van der Waals surface area contributed by atoms with Crippen LogP contribution in [0.3, 0.4) is 0 Å². The second-order valence-electron chi connectivity index (χ2n) is 8.18. The molecule has 1 N–H and O–H groups in total. The highest BCUT2D eigenvalue weighted by Crippen LogP contribution is 2.37. The maximum atomic E-state index is 14.5. The van der Waals surface area contributed by atoms with Crippen molar-refractivity contribution in [2.75, 3.05) is 29.4 Å². The molecule has 0 bridgehead atoms. The van der Waals surface area contributed by atoms with E-state index in [-0.39, 0.29) is 23.7 Å². The summed E-state index contributed by atoms with van der Waals surface area (Å²) in [4.78, 5) is 21.8. The van der Waals surface area contributed by atoms with Crippen molar-refractivity contribution in [3.05, 3.63) is 90.0 Å². The topological polar surface area (TPSA) is 48.5 Å². The molecule has 1 aromatic heterocycles. The Bertz CT molecular complexity index is 1070. The summed E-state index contributed by atoms with van der Waals surface area (Å²) < 4.78 is 14.5. The normalized spacial score (nSPS) is 20.0. The summed E-state index contributed by atoms with van der Waals surface area (Å²) in [7, 11) is 0. The summed E-state index contributed by atoms with van der Waals surface area (Å²) in [5.74, 6) is -0.394. The van der Waals surface area contributed by atoms with Crippen LogP contribution in [0.4, 0.5) is 15.8 Å². The third-order valence-corrected chi connectivity index (χ3v) is 6.34. The van der Waals surface area contributed by atoms with Crippen molar-refractivity contribution in [3.8, 4) is 0 Å². The largest absolute Gasteiger partial charge is 0.365 e. The highest BCUT2D eigenvalue weighted by molar-refractivity contribution is 5.82. The molecule has 2 atom stereocenters. The number of para-hydroxylation sites is 2. The Morgan fingerprint density at radius 2 is 1.84 bits per heavy atom. The number of hydrogen-bond donors (Lipinski definition) is 1. The van der Waals surface area contributed by atoms with E-state index in [4.69, 9.17) is 0 Å². The first-order valence-corrected chi connectivity index (χ1v) is 10.7. The van der Waals surface area contributed by atoms with Crippen LogP contribution in [0.25, 0.3) is 0 Å². The monoisotopic (exact) mass is 416 g/mol. The van der Waals surface area contributed by atoms with E-state index in [2.05, 4.69) is 32.2 Å². The number of anilines is 2. The molecule has 3 heterocycles. The Morgan fingerprint density at radius 1 is 1.03 bits per heavy atom. The number of amides is 1. The van der Waals surface area contributed by atoms with Gasteiger partial charge in [-0.2, -0.15) is 0 Å². The lowest BCUT2D eigenvalue weighted by Gasteiger charge is -2.49. The zero-order valence-electron chi connectivity index (χ0n) is 17.2. The fourth-order valence-electron chi connectivity index (χ4n) is 4.81. The van der Waals surface area contributed by atoms with Crippen molar-refractivity contribution in [1.29, 1.82) is 0 Å².